The standard InChI is InChI=1S/C8H15NO2S2/c1-7(12-2)8(10)9-3-5-13(11)6-4-9/h7H,3-6H2,1-2H3. The van der Waals surface area contributed by atoms with Gasteiger partial charge in [-0.3, -0.25) is 9.00 Å². The molecule has 0 bridgehead atoms. The molecule has 0 aromatic rings. The van der Waals surface area contributed by atoms with Crippen LogP contribution in [0.1, 0.15) is 6.92 Å². The number of rotatable bonds is 2. The highest BCUT2D eigenvalue weighted by atomic mass is 32.2. The van der Waals surface area contributed by atoms with Crippen molar-refractivity contribution in [3.8, 4) is 0 Å². The molecule has 0 radical (unpaired) electrons. The summed E-state index contributed by atoms with van der Waals surface area (Å²) < 4.78 is 11.0. The van der Waals surface area contributed by atoms with Crippen molar-refractivity contribution in [2.75, 3.05) is 30.9 Å². The van der Waals surface area contributed by atoms with Crippen molar-refractivity contribution in [3.63, 3.8) is 0 Å². The normalized spacial score (nSPS) is 21.5. The van der Waals surface area contributed by atoms with E-state index in [9.17, 15) is 9.00 Å². The number of nitrogens with zero attached hydrogens (tertiary/aromatic N) is 1. The van der Waals surface area contributed by atoms with E-state index in [1.165, 1.54) is 0 Å². The Labute approximate surface area is 85.7 Å². The zero-order chi connectivity index (χ0) is 9.84. The first-order chi connectivity index (χ1) is 6.15. The monoisotopic (exact) mass is 221 g/mol. The minimum absolute atomic E-state index is 0.0338. The van der Waals surface area contributed by atoms with Gasteiger partial charge >= 0.3 is 0 Å². The van der Waals surface area contributed by atoms with E-state index in [-0.39, 0.29) is 11.2 Å². The molecule has 76 valence electrons. The average Bonchev–Trinajstić information content (AvgIpc) is 2.17. The van der Waals surface area contributed by atoms with Crippen LogP contribution in [-0.4, -0.2) is 51.1 Å². The summed E-state index contributed by atoms with van der Waals surface area (Å²) in [7, 11) is -0.693. The summed E-state index contributed by atoms with van der Waals surface area (Å²) in [5.74, 6) is 1.48. The lowest BCUT2D eigenvalue weighted by molar-refractivity contribution is -0.129. The quantitative estimate of drug-likeness (QED) is 0.674. The molecular weight excluding hydrogens is 206 g/mol. The Hall–Kier alpha value is -0.0300. The van der Waals surface area contributed by atoms with Gasteiger partial charge in [-0.15, -0.1) is 0 Å². The van der Waals surface area contributed by atoms with Crippen molar-refractivity contribution in [2.45, 2.75) is 12.2 Å². The smallest absolute Gasteiger partial charge is 0.235 e. The van der Waals surface area contributed by atoms with Gasteiger partial charge in [-0.1, -0.05) is 0 Å². The average molecular weight is 221 g/mol. The van der Waals surface area contributed by atoms with E-state index in [4.69, 9.17) is 0 Å². The van der Waals surface area contributed by atoms with Gasteiger partial charge in [0.05, 0.1) is 5.25 Å². The molecule has 1 unspecified atom stereocenters. The Morgan fingerprint density at radius 2 is 2.00 bits per heavy atom. The van der Waals surface area contributed by atoms with Crippen LogP contribution in [-0.2, 0) is 15.6 Å². The van der Waals surface area contributed by atoms with Gasteiger partial charge in [-0.25, -0.2) is 0 Å². The van der Waals surface area contributed by atoms with Crippen molar-refractivity contribution in [3.05, 3.63) is 0 Å². The minimum atomic E-state index is -0.693. The molecule has 1 heterocycles. The Balaban J connectivity index is 2.44. The zero-order valence-corrected chi connectivity index (χ0v) is 9.62. The molecule has 0 saturated carbocycles. The summed E-state index contributed by atoms with van der Waals surface area (Å²) in [5.41, 5.74) is 0. The number of thioether (sulfide) groups is 1. The molecule has 5 heteroatoms. The topological polar surface area (TPSA) is 37.4 Å². The lowest BCUT2D eigenvalue weighted by atomic mass is 10.4. The Morgan fingerprint density at radius 3 is 2.46 bits per heavy atom. The largest absolute Gasteiger partial charge is 0.340 e. The van der Waals surface area contributed by atoms with Crippen molar-refractivity contribution in [1.82, 2.24) is 4.90 Å². The molecule has 1 aliphatic heterocycles. The third kappa shape index (κ3) is 2.98. The van der Waals surface area contributed by atoms with Crippen molar-refractivity contribution < 1.29 is 9.00 Å². The first-order valence-electron chi connectivity index (χ1n) is 4.31. The van der Waals surface area contributed by atoms with Gasteiger partial charge in [0.2, 0.25) is 5.91 Å². The molecule has 3 nitrogen and oxygen atoms in total. The van der Waals surface area contributed by atoms with Crippen LogP contribution in [0, 0.1) is 0 Å². The number of amides is 1. The van der Waals surface area contributed by atoms with Crippen molar-refractivity contribution >= 4 is 28.5 Å². The van der Waals surface area contributed by atoms with Gasteiger partial charge in [-0.05, 0) is 13.2 Å². The van der Waals surface area contributed by atoms with Crippen LogP contribution in [0.15, 0.2) is 0 Å². The van der Waals surface area contributed by atoms with Gasteiger partial charge in [0.15, 0.2) is 0 Å². The SMILES string of the molecule is CSC(C)C(=O)N1CCS(=O)CC1. The lowest BCUT2D eigenvalue weighted by Crippen LogP contribution is -2.44. The second-order valence-electron chi connectivity index (χ2n) is 3.05. The Morgan fingerprint density at radius 1 is 1.46 bits per heavy atom. The summed E-state index contributed by atoms with van der Waals surface area (Å²) in [4.78, 5) is 13.5. The van der Waals surface area contributed by atoms with Crippen LogP contribution < -0.4 is 0 Å². The molecule has 0 aliphatic carbocycles. The third-order valence-corrected chi connectivity index (χ3v) is 4.38. The zero-order valence-electron chi connectivity index (χ0n) is 7.99. The van der Waals surface area contributed by atoms with Gasteiger partial charge in [0.25, 0.3) is 0 Å². The first-order valence-corrected chi connectivity index (χ1v) is 7.09. The van der Waals surface area contributed by atoms with Crippen LogP contribution in [0.2, 0.25) is 0 Å². The molecule has 0 aromatic heterocycles. The van der Waals surface area contributed by atoms with E-state index >= 15 is 0 Å². The maximum absolute atomic E-state index is 11.6. The number of hydrogen-bond donors (Lipinski definition) is 0. The fraction of sp³-hybridized carbons (Fsp3) is 0.875. The molecule has 1 aliphatic rings. The molecular formula is C8H15NO2S2. The maximum atomic E-state index is 11.6. The summed E-state index contributed by atoms with van der Waals surface area (Å²) in [6.07, 6.45) is 1.94. The van der Waals surface area contributed by atoms with Crippen LogP contribution in [0.4, 0.5) is 0 Å². The second kappa shape index (κ2) is 5.00. The molecule has 1 atom stereocenters. The predicted octanol–water partition coefficient (Wildman–Crippen LogP) is 0.329. The summed E-state index contributed by atoms with van der Waals surface area (Å²) in [6, 6.07) is 0. The van der Waals surface area contributed by atoms with Gasteiger partial charge in [0.1, 0.15) is 0 Å². The fourth-order valence-corrected chi connectivity index (χ4v) is 2.62. The van der Waals surface area contributed by atoms with E-state index < -0.39 is 10.8 Å². The highest BCUT2D eigenvalue weighted by Gasteiger charge is 2.23. The van der Waals surface area contributed by atoms with Gasteiger partial charge in [-0.2, -0.15) is 11.8 Å². The van der Waals surface area contributed by atoms with Crippen molar-refractivity contribution in [2.24, 2.45) is 0 Å². The number of carbonyl (C=O) groups is 1. The molecule has 0 N–H and O–H groups in total. The van der Waals surface area contributed by atoms with Crippen molar-refractivity contribution in [1.29, 1.82) is 0 Å². The predicted molar refractivity (Wildman–Crippen MR) is 57.4 cm³/mol. The van der Waals surface area contributed by atoms with Crippen LogP contribution in [0.5, 0.6) is 0 Å². The molecule has 13 heavy (non-hydrogen) atoms. The van der Waals surface area contributed by atoms with Gasteiger partial charge < -0.3 is 4.90 Å². The van der Waals surface area contributed by atoms with Crippen LogP contribution >= 0.6 is 11.8 Å². The molecule has 1 rings (SSSR count). The summed E-state index contributed by atoms with van der Waals surface area (Å²) in [6.45, 7) is 3.24. The second-order valence-corrected chi connectivity index (χ2v) is 5.93. The van der Waals surface area contributed by atoms with E-state index in [0.717, 1.165) is 0 Å². The lowest BCUT2D eigenvalue weighted by Gasteiger charge is -2.28. The number of carbonyl (C=O) groups excluding carboxylic acids is 1. The fourth-order valence-electron chi connectivity index (χ4n) is 1.22. The molecule has 1 saturated heterocycles. The van der Waals surface area contributed by atoms with E-state index in [2.05, 4.69) is 0 Å². The molecule has 1 amide bonds. The summed E-state index contributed by atoms with van der Waals surface area (Å²) >= 11 is 1.56. The molecule has 1 fully saturated rings. The molecule has 0 spiro atoms. The van der Waals surface area contributed by atoms with E-state index in [1.54, 1.807) is 11.8 Å². The minimum Gasteiger partial charge on any atom is -0.340 e. The number of hydrogen-bond acceptors (Lipinski definition) is 3. The highest BCUT2D eigenvalue weighted by Crippen LogP contribution is 2.11. The Kier molecular flexibility index (Phi) is 4.25. The molecule has 0 aromatic carbocycles. The third-order valence-electron chi connectivity index (χ3n) is 2.19. The van der Waals surface area contributed by atoms with Crippen LogP contribution in [0.25, 0.3) is 0 Å². The first kappa shape index (κ1) is 11.0. The highest BCUT2D eigenvalue weighted by molar-refractivity contribution is 7.99. The summed E-state index contributed by atoms with van der Waals surface area (Å²) in [5, 5.41) is 0.0338. The Bertz CT molecular complexity index is 210. The van der Waals surface area contributed by atoms with Gasteiger partial charge in [0, 0.05) is 35.4 Å². The van der Waals surface area contributed by atoms with E-state index in [1.807, 2.05) is 18.1 Å². The van der Waals surface area contributed by atoms with E-state index in [0.29, 0.717) is 24.6 Å². The maximum Gasteiger partial charge on any atom is 0.235 e. The van der Waals surface area contributed by atoms with Crippen LogP contribution in [0.3, 0.4) is 0 Å².